The highest BCUT2D eigenvalue weighted by atomic mass is 16.5. The first-order chi connectivity index (χ1) is 19.5. The lowest BCUT2D eigenvalue weighted by Crippen LogP contribution is -2.38. The molecule has 1 saturated heterocycles. The highest BCUT2D eigenvalue weighted by molar-refractivity contribution is 6.16. The van der Waals surface area contributed by atoms with Gasteiger partial charge in [-0.05, 0) is 40.6 Å². The van der Waals surface area contributed by atoms with E-state index in [4.69, 9.17) is 4.74 Å². The Morgan fingerprint density at radius 2 is 1.62 bits per heavy atom. The Hall–Kier alpha value is -5.37. The van der Waals surface area contributed by atoms with E-state index in [0.29, 0.717) is 18.0 Å². The number of nitrogens with zero attached hydrogens (tertiary/aromatic N) is 2. The van der Waals surface area contributed by atoms with E-state index in [1.54, 1.807) is 30.3 Å². The van der Waals surface area contributed by atoms with Gasteiger partial charge in [-0.2, -0.15) is 0 Å². The van der Waals surface area contributed by atoms with E-state index in [-0.39, 0.29) is 5.70 Å². The number of urea groups is 1. The minimum Gasteiger partial charge on any atom is -0.495 e. The van der Waals surface area contributed by atoms with Gasteiger partial charge < -0.3 is 19.9 Å². The average molecular weight is 531 g/mol. The van der Waals surface area contributed by atoms with Crippen LogP contribution in [-0.4, -0.2) is 41.0 Å². The van der Waals surface area contributed by atoms with Gasteiger partial charge in [0.15, 0.2) is 0 Å². The monoisotopic (exact) mass is 530 g/mol. The first-order valence-corrected chi connectivity index (χ1v) is 12.8. The van der Waals surface area contributed by atoms with E-state index in [1.165, 1.54) is 23.4 Å². The maximum atomic E-state index is 13.2. The molecular weight excluding hydrogens is 504 g/mol. The molecule has 0 unspecified atom stereocenters. The van der Waals surface area contributed by atoms with Crippen LogP contribution in [0.4, 0.5) is 10.5 Å². The number of methoxy groups -OCH3 is 1. The molecule has 1 aromatic heterocycles. The third-order valence-corrected chi connectivity index (χ3v) is 6.98. The number of hydrogen-bond donors (Lipinski definition) is 2. The van der Waals surface area contributed by atoms with Gasteiger partial charge in [0.05, 0.1) is 12.8 Å². The van der Waals surface area contributed by atoms with Gasteiger partial charge in [-0.25, -0.2) is 9.69 Å². The van der Waals surface area contributed by atoms with Crippen LogP contribution in [0.25, 0.3) is 27.8 Å². The van der Waals surface area contributed by atoms with E-state index < -0.39 is 24.4 Å². The molecule has 4 aromatic carbocycles. The molecule has 0 saturated carbocycles. The number of imide groups is 1. The predicted molar refractivity (Wildman–Crippen MR) is 155 cm³/mol. The molecule has 0 bridgehead atoms. The first kappa shape index (κ1) is 24.9. The lowest BCUT2D eigenvalue weighted by Gasteiger charge is -2.13. The summed E-state index contributed by atoms with van der Waals surface area (Å²) in [5, 5.41) is 8.63. The van der Waals surface area contributed by atoms with Crippen LogP contribution >= 0.6 is 0 Å². The molecule has 0 aliphatic carbocycles. The fraction of sp³-hybridized carbons (Fsp3) is 0.0938. The number of carbonyl (C=O) groups is 3. The zero-order chi connectivity index (χ0) is 27.6. The van der Waals surface area contributed by atoms with Gasteiger partial charge in [-0.3, -0.25) is 9.59 Å². The number of nitrogens with one attached hydrogen (secondary N) is 2. The number of hydrogen-bond acceptors (Lipinski definition) is 4. The third kappa shape index (κ3) is 4.67. The average Bonchev–Trinajstić information content (AvgIpc) is 3.45. The number of amides is 4. The van der Waals surface area contributed by atoms with Gasteiger partial charge >= 0.3 is 6.03 Å². The Kier molecular flexibility index (Phi) is 6.49. The molecule has 4 amide bonds. The Labute approximate surface area is 230 Å². The highest BCUT2D eigenvalue weighted by Gasteiger charge is 2.35. The number of aromatic nitrogens is 1. The van der Waals surface area contributed by atoms with E-state index in [2.05, 4.69) is 45.5 Å². The van der Waals surface area contributed by atoms with Crippen molar-refractivity contribution in [2.75, 3.05) is 19.0 Å². The SMILES string of the molecule is COc1ccccc1NC(=O)CN1C(=O)N/C(=C/c2cn(Cc3cccc4ccccc34)c3ccccc23)C1=O. The predicted octanol–water partition coefficient (Wildman–Crippen LogP) is 5.38. The maximum absolute atomic E-state index is 13.2. The highest BCUT2D eigenvalue weighted by Crippen LogP contribution is 2.28. The standard InChI is InChI=1S/C32H26N4O4/c1-40-29-16-7-5-14-26(29)33-30(37)20-36-31(38)27(34-32(36)39)17-23-19-35(28-15-6-4-13-25(23)28)18-22-11-8-10-21-9-2-3-12-24(21)22/h2-17,19H,18,20H2,1H3,(H,33,37)(H,34,39)/b27-17+. The van der Waals surface area contributed by atoms with Crippen LogP contribution in [0.2, 0.25) is 0 Å². The van der Waals surface area contributed by atoms with Crippen molar-refractivity contribution in [1.29, 1.82) is 0 Å². The Morgan fingerprint density at radius 1 is 0.900 bits per heavy atom. The molecule has 2 N–H and O–H groups in total. The second kappa shape index (κ2) is 10.4. The van der Waals surface area contributed by atoms with Crippen molar-refractivity contribution in [3.05, 3.63) is 114 Å². The van der Waals surface area contributed by atoms with Crippen molar-refractivity contribution in [2.45, 2.75) is 6.54 Å². The van der Waals surface area contributed by atoms with Crippen molar-refractivity contribution in [2.24, 2.45) is 0 Å². The van der Waals surface area contributed by atoms with Crippen LogP contribution in [0.3, 0.4) is 0 Å². The second-order valence-corrected chi connectivity index (χ2v) is 9.50. The summed E-state index contributed by atoms with van der Waals surface area (Å²) in [5.74, 6) is -0.597. The molecule has 0 atom stereocenters. The number of benzene rings is 4. The number of para-hydroxylation sites is 3. The van der Waals surface area contributed by atoms with Crippen LogP contribution in [0, 0.1) is 0 Å². The summed E-state index contributed by atoms with van der Waals surface area (Å²) in [6.07, 6.45) is 3.65. The molecule has 0 spiro atoms. The summed E-state index contributed by atoms with van der Waals surface area (Å²) in [4.78, 5) is 39.4. The molecular formula is C32H26N4O4. The van der Waals surface area contributed by atoms with E-state index in [1.807, 2.05) is 42.6 Å². The van der Waals surface area contributed by atoms with Gasteiger partial charge in [0.2, 0.25) is 5.91 Å². The second-order valence-electron chi connectivity index (χ2n) is 9.50. The van der Waals surface area contributed by atoms with Gasteiger partial charge in [-0.15, -0.1) is 0 Å². The summed E-state index contributed by atoms with van der Waals surface area (Å²) in [5.41, 5.74) is 3.54. The lowest BCUT2D eigenvalue weighted by molar-refractivity contribution is -0.127. The number of fused-ring (bicyclic) bond motifs is 2. The number of carbonyl (C=O) groups excluding carboxylic acids is 3. The smallest absolute Gasteiger partial charge is 0.329 e. The van der Waals surface area contributed by atoms with Crippen LogP contribution in [0.15, 0.2) is 103 Å². The maximum Gasteiger partial charge on any atom is 0.329 e. The molecule has 8 heteroatoms. The summed E-state index contributed by atoms with van der Waals surface area (Å²) in [7, 11) is 1.50. The molecule has 0 radical (unpaired) electrons. The van der Waals surface area contributed by atoms with Gasteiger partial charge in [-0.1, -0.05) is 72.8 Å². The van der Waals surface area contributed by atoms with Crippen molar-refractivity contribution in [1.82, 2.24) is 14.8 Å². The van der Waals surface area contributed by atoms with E-state index in [0.717, 1.165) is 21.4 Å². The fourth-order valence-corrected chi connectivity index (χ4v) is 5.09. The molecule has 8 nitrogen and oxygen atoms in total. The molecule has 2 heterocycles. The summed E-state index contributed by atoms with van der Waals surface area (Å²) in [6, 6.07) is 28.8. The molecule has 1 fully saturated rings. The van der Waals surface area contributed by atoms with Crippen molar-refractivity contribution < 1.29 is 19.1 Å². The van der Waals surface area contributed by atoms with E-state index in [9.17, 15) is 14.4 Å². The number of anilines is 1. The topological polar surface area (TPSA) is 92.7 Å². The van der Waals surface area contributed by atoms with Crippen LogP contribution in [0.5, 0.6) is 5.75 Å². The molecule has 5 aromatic rings. The summed E-state index contributed by atoms with van der Waals surface area (Å²) in [6.45, 7) is 0.212. The van der Waals surface area contributed by atoms with Gasteiger partial charge in [0.1, 0.15) is 18.0 Å². The first-order valence-electron chi connectivity index (χ1n) is 12.8. The zero-order valence-electron chi connectivity index (χ0n) is 21.8. The largest absolute Gasteiger partial charge is 0.495 e. The quantitative estimate of drug-likeness (QED) is 0.218. The Morgan fingerprint density at radius 3 is 2.48 bits per heavy atom. The summed E-state index contributed by atoms with van der Waals surface area (Å²) < 4.78 is 7.39. The Bertz CT molecular complexity index is 1820. The van der Waals surface area contributed by atoms with Crippen LogP contribution in [-0.2, 0) is 16.1 Å². The number of ether oxygens (including phenoxy) is 1. The Balaban J connectivity index is 1.26. The lowest BCUT2D eigenvalue weighted by atomic mass is 10.0. The fourth-order valence-electron chi connectivity index (χ4n) is 5.09. The molecule has 6 rings (SSSR count). The zero-order valence-corrected chi connectivity index (χ0v) is 21.8. The molecule has 1 aliphatic heterocycles. The van der Waals surface area contributed by atoms with Crippen molar-refractivity contribution in [3.8, 4) is 5.75 Å². The normalized spacial score (nSPS) is 14.2. The van der Waals surface area contributed by atoms with Gasteiger partial charge in [0, 0.05) is 29.2 Å². The van der Waals surface area contributed by atoms with Gasteiger partial charge in [0.25, 0.3) is 5.91 Å². The molecule has 198 valence electrons. The van der Waals surface area contributed by atoms with Crippen LogP contribution in [0.1, 0.15) is 11.1 Å². The van der Waals surface area contributed by atoms with Crippen molar-refractivity contribution in [3.63, 3.8) is 0 Å². The number of rotatable bonds is 7. The molecule has 1 aliphatic rings. The summed E-state index contributed by atoms with van der Waals surface area (Å²) >= 11 is 0. The minimum absolute atomic E-state index is 0.114. The third-order valence-electron chi connectivity index (χ3n) is 6.98. The van der Waals surface area contributed by atoms with Crippen molar-refractivity contribution >= 4 is 51.3 Å². The molecule has 40 heavy (non-hydrogen) atoms. The minimum atomic E-state index is -0.647. The van der Waals surface area contributed by atoms with Crippen LogP contribution < -0.4 is 15.4 Å². The van der Waals surface area contributed by atoms with E-state index >= 15 is 0 Å².